The van der Waals surface area contributed by atoms with Gasteiger partial charge in [0.2, 0.25) is 0 Å². The Balaban J connectivity index is 3.29. The van der Waals surface area contributed by atoms with Crippen LogP contribution in [0.25, 0.3) is 0 Å². The summed E-state index contributed by atoms with van der Waals surface area (Å²) in [5, 5.41) is 0. The highest BCUT2D eigenvalue weighted by atomic mass is 16.5. The Labute approximate surface area is 167 Å². The van der Waals surface area contributed by atoms with Crippen LogP contribution in [0.15, 0.2) is 0 Å². The molecule has 0 unspecified atom stereocenters. The van der Waals surface area contributed by atoms with Crippen molar-refractivity contribution in [1.82, 2.24) is 0 Å². The monoisotopic (exact) mass is 384 g/mol. The maximum Gasteiger partial charge on any atom is 0.305 e. The highest BCUT2D eigenvalue weighted by molar-refractivity contribution is 5.69. The average Bonchev–Trinajstić information content (AvgIpc) is 2.62. The first kappa shape index (κ1) is 25.9. The molecule has 0 fully saturated rings. The molecule has 0 aliphatic rings. The summed E-state index contributed by atoms with van der Waals surface area (Å²) < 4.78 is 10.4. The molecule has 0 aromatic carbocycles. The molecule has 4 heteroatoms. The summed E-state index contributed by atoms with van der Waals surface area (Å²) in [7, 11) is 0. The number of ether oxygens (including phenoxy) is 2. The molecule has 0 spiro atoms. The van der Waals surface area contributed by atoms with Gasteiger partial charge >= 0.3 is 11.9 Å². The maximum atomic E-state index is 11.7. The first-order valence-electron chi connectivity index (χ1n) is 11.4. The molecule has 27 heavy (non-hydrogen) atoms. The van der Waals surface area contributed by atoms with E-state index in [0.29, 0.717) is 32.0 Å². The van der Waals surface area contributed by atoms with E-state index in [1.807, 2.05) is 0 Å². The fourth-order valence-electron chi connectivity index (χ4n) is 2.87. The van der Waals surface area contributed by atoms with Gasteiger partial charge in [0.25, 0.3) is 0 Å². The van der Waals surface area contributed by atoms with Crippen LogP contribution >= 0.6 is 0 Å². The molecule has 0 aromatic heterocycles. The van der Waals surface area contributed by atoms with Gasteiger partial charge in [-0.2, -0.15) is 0 Å². The smallest absolute Gasteiger partial charge is 0.305 e. The molecule has 0 aromatic rings. The standard InChI is InChI=1S/C23H44O4/c1-4-5-6-7-8-9-10-11-15-19-26-22(24)16-13-12-14-17-23(25)27-20-18-21(2)3/h21H,4-20H2,1-3H3. The van der Waals surface area contributed by atoms with Crippen molar-refractivity contribution in [3.63, 3.8) is 0 Å². The Hall–Kier alpha value is -1.06. The van der Waals surface area contributed by atoms with Crippen LogP contribution in [0.1, 0.15) is 117 Å². The van der Waals surface area contributed by atoms with Gasteiger partial charge < -0.3 is 9.47 Å². The zero-order valence-electron chi connectivity index (χ0n) is 18.2. The molecular weight excluding hydrogens is 340 g/mol. The van der Waals surface area contributed by atoms with Gasteiger partial charge in [0.05, 0.1) is 13.2 Å². The summed E-state index contributed by atoms with van der Waals surface area (Å²) in [6.07, 6.45) is 15.7. The van der Waals surface area contributed by atoms with Crippen LogP contribution in [-0.4, -0.2) is 25.2 Å². The van der Waals surface area contributed by atoms with Gasteiger partial charge in [-0.05, 0) is 31.6 Å². The van der Waals surface area contributed by atoms with Crippen molar-refractivity contribution in [1.29, 1.82) is 0 Å². The fraction of sp³-hybridized carbons (Fsp3) is 0.913. The summed E-state index contributed by atoms with van der Waals surface area (Å²) in [6, 6.07) is 0. The quantitative estimate of drug-likeness (QED) is 0.186. The average molecular weight is 385 g/mol. The first-order valence-corrected chi connectivity index (χ1v) is 11.4. The number of carbonyl (C=O) groups is 2. The third kappa shape index (κ3) is 21.1. The minimum absolute atomic E-state index is 0.103. The Morgan fingerprint density at radius 3 is 1.59 bits per heavy atom. The van der Waals surface area contributed by atoms with Gasteiger partial charge in [0, 0.05) is 12.8 Å². The lowest BCUT2D eigenvalue weighted by atomic mass is 10.1. The number of esters is 2. The molecule has 0 heterocycles. The normalized spacial score (nSPS) is 11.0. The van der Waals surface area contributed by atoms with Gasteiger partial charge in [-0.1, -0.05) is 78.6 Å². The largest absolute Gasteiger partial charge is 0.466 e. The Bertz CT molecular complexity index is 352. The third-order valence-electron chi connectivity index (χ3n) is 4.73. The maximum absolute atomic E-state index is 11.7. The van der Waals surface area contributed by atoms with Crippen molar-refractivity contribution >= 4 is 11.9 Å². The van der Waals surface area contributed by atoms with E-state index < -0.39 is 0 Å². The number of unbranched alkanes of at least 4 members (excludes halogenated alkanes) is 10. The van der Waals surface area contributed by atoms with Crippen LogP contribution in [0, 0.1) is 5.92 Å². The van der Waals surface area contributed by atoms with Crippen LogP contribution in [0.2, 0.25) is 0 Å². The van der Waals surface area contributed by atoms with E-state index in [4.69, 9.17) is 9.47 Å². The van der Waals surface area contributed by atoms with Gasteiger partial charge in [0.15, 0.2) is 0 Å². The van der Waals surface area contributed by atoms with Crippen molar-refractivity contribution in [2.45, 2.75) is 117 Å². The van der Waals surface area contributed by atoms with E-state index in [2.05, 4.69) is 20.8 Å². The molecule has 0 rings (SSSR count). The first-order chi connectivity index (χ1) is 13.1. The second-order valence-corrected chi connectivity index (χ2v) is 8.01. The van der Waals surface area contributed by atoms with E-state index in [0.717, 1.165) is 38.5 Å². The molecule has 0 aliphatic heterocycles. The number of rotatable bonds is 19. The second kappa shape index (κ2) is 19.7. The molecular formula is C23H44O4. The Kier molecular flexibility index (Phi) is 18.9. The summed E-state index contributed by atoms with van der Waals surface area (Å²) in [6.45, 7) is 7.54. The summed E-state index contributed by atoms with van der Waals surface area (Å²) >= 11 is 0. The minimum Gasteiger partial charge on any atom is -0.466 e. The van der Waals surface area contributed by atoms with Gasteiger partial charge in [-0.3, -0.25) is 9.59 Å². The molecule has 0 radical (unpaired) electrons. The van der Waals surface area contributed by atoms with E-state index >= 15 is 0 Å². The van der Waals surface area contributed by atoms with Crippen molar-refractivity contribution in [3.8, 4) is 0 Å². The molecule has 0 N–H and O–H groups in total. The molecule has 0 bridgehead atoms. The number of carbonyl (C=O) groups excluding carboxylic acids is 2. The highest BCUT2D eigenvalue weighted by Gasteiger charge is 2.06. The predicted octanol–water partition coefficient (Wildman–Crippen LogP) is 6.60. The molecule has 0 aliphatic carbocycles. The van der Waals surface area contributed by atoms with Crippen molar-refractivity contribution < 1.29 is 19.1 Å². The fourth-order valence-corrected chi connectivity index (χ4v) is 2.87. The van der Waals surface area contributed by atoms with Crippen LogP contribution < -0.4 is 0 Å². The Morgan fingerprint density at radius 1 is 0.630 bits per heavy atom. The summed E-state index contributed by atoms with van der Waals surface area (Å²) in [5.41, 5.74) is 0. The summed E-state index contributed by atoms with van der Waals surface area (Å²) in [5.74, 6) is 0.331. The van der Waals surface area contributed by atoms with Crippen LogP contribution in [0.4, 0.5) is 0 Å². The minimum atomic E-state index is -0.122. The van der Waals surface area contributed by atoms with Crippen molar-refractivity contribution in [2.75, 3.05) is 13.2 Å². The SMILES string of the molecule is CCCCCCCCCCCOC(=O)CCCCCC(=O)OCCC(C)C. The summed E-state index contributed by atoms with van der Waals surface area (Å²) in [4.78, 5) is 23.2. The van der Waals surface area contributed by atoms with Gasteiger partial charge in [-0.25, -0.2) is 0 Å². The van der Waals surface area contributed by atoms with Crippen LogP contribution in [-0.2, 0) is 19.1 Å². The van der Waals surface area contributed by atoms with Gasteiger partial charge in [0.1, 0.15) is 0 Å². The molecule has 0 atom stereocenters. The molecule has 0 saturated heterocycles. The lowest BCUT2D eigenvalue weighted by molar-refractivity contribution is -0.144. The van der Waals surface area contributed by atoms with E-state index in [1.54, 1.807) is 0 Å². The Morgan fingerprint density at radius 2 is 1.07 bits per heavy atom. The predicted molar refractivity (Wildman–Crippen MR) is 112 cm³/mol. The van der Waals surface area contributed by atoms with E-state index in [-0.39, 0.29) is 11.9 Å². The zero-order chi connectivity index (χ0) is 20.2. The van der Waals surface area contributed by atoms with Crippen molar-refractivity contribution in [2.24, 2.45) is 5.92 Å². The number of hydrogen-bond donors (Lipinski definition) is 0. The van der Waals surface area contributed by atoms with E-state index in [9.17, 15) is 9.59 Å². The van der Waals surface area contributed by atoms with Gasteiger partial charge in [-0.15, -0.1) is 0 Å². The molecule has 0 amide bonds. The third-order valence-corrected chi connectivity index (χ3v) is 4.73. The van der Waals surface area contributed by atoms with Crippen LogP contribution in [0.5, 0.6) is 0 Å². The molecule has 4 nitrogen and oxygen atoms in total. The molecule has 0 saturated carbocycles. The second-order valence-electron chi connectivity index (χ2n) is 8.01. The number of hydrogen-bond acceptors (Lipinski definition) is 4. The zero-order valence-corrected chi connectivity index (χ0v) is 18.2. The van der Waals surface area contributed by atoms with Crippen molar-refractivity contribution in [3.05, 3.63) is 0 Å². The highest BCUT2D eigenvalue weighted by Crippen LogP contribution is 2.10. The lowest BCUT2D eigenvalue weighted by Gasteiger charge is -2.07. The lowest BCUT2D eigenvalue weighted by Crippen LogP contribution is -2.08. The van der Waals surface area contributed by atoms with Crippen LogP contribution in [0.3, 0.4) is 0 Å². The van der Waals surface area contributed by atoms with E-state index in [1.165, 1.54) is 44.9 Å². The topological polar surface area (TPSA) is 52.6 Å². The molecule has 160 valence electrons.